The van der Waals surface area contributed by atoms with E-state index < -0.39 is 6.10 Å². The Kier molecular flexibility index (Phi) is 6.27. The van der Waals surface area contributed by atoms with Crippen molar-refractivity contribution in [2.24, 2.45) is 0 Å². The number of nitrogens with one attached hydrogen (secondary N) is 2. The highest BCUT2D eigenvalue weighted by molar-refractivity contribution is 9.10. The lowest BCUT2D eigenvalue weighted by atomic mass is 9.92. The van der Waals surface area contributed by atoms with Crippen molar-refractivity contribution in [1.29, 1.82) is 0 Å². The number of anilines is 1. The van der Waals surface area contributed by atoms with E-state index in [4.69, 9.17) is 0 Å². The summed E-state index contributed by atoms with van der Waals surface area (Å²) in [5.74, 6) is -0.136. The van der Waals surface area contributed by atoms with Crippen LogP contribution in [0.5, 0.6) is 0 Å². The normalized spacial score (nSPS) is 19.8. The van der Waals surface area contributed by atoms with Gasteiger partial charge < -0.3 is 15.7 Å². The zero-order valence-corrected chi connectivity index (χ0v) is 16.4. The van der Waals surface area contributed by atoms with E-state index in [1.807, 2.05) is 37.4 Å². The lowest BCUT2D eigenvalue weighted by Gasteiger charge is -2.28. The fraction of sp³-hybridized carbons (Fsp3) is 0.400. The van der Waals surface area contributed by atoms with E-state index in [0.29, 0.717) is 12.1 Å². The molecule has 1 aliphatic carbocycles. The average Bonchev–Trinajstić information content (AvgIpc) is 2.63. The van der Waals surface area contributed by atoms with Crippen molar-refractivity contribution in [2.75, 3.05) is 5.32 Å². The second-order valence-corrected chi connectivity index (χ2v) is 7.74. The maximum absolute atomic E-state index is 12.6. The molecule has 1 aromatic heterocycles. The molecule has 1 saturated carbocycles. The third-order valence-corrected chi connectivity index (χ3v) is 5.22. The van der Waals surface area contributed by atoms with Crippen LogP contribution in [0.1, 0.15) is 47.2 Å². The molecule has 2 aromatic rings. The van der Waals surface area contributed by atoms with Crippen LogP contribution in [-0.4, -0.2) is 28.1 Å². The molecule has 2 atom stereocenters. The summed E-state index contributed by atoms with van der Waals surface area (Å²) in [5, 5.41) is 16.4. The molecule has 26 heavy (non-hydrogen) atoms. The summed E-state index contributed by atoms with van der Waals surface area (Å²) < 4.78 is 0.938. The fourth-order valence-corrected chi connectivity index (χ4v) is 3.65. The van der Waals surface area contributed by atoms with Crippen molar-refractivity contribution in [3.05, 3.63) is 57.8 Å². The topological polar surface area (TPSA) is 74.2 Å². The summed E-state index contributed by atoms with van der Waals surface area (Å²) in [4.78, 5) is 16.7. The summed E-state index contributed by atoms with van der Waals surface area (Å²) in [7, 11) is 0. The molecule has 0 unspecified atom stereocenters. The van der Waals surface area contributed by atoms with Gasteiger partial charge in [-0.25, -0.2) is 0 Å². The van der Waals surface area contributed by atoms with Crippen molar-refractivity contribution < 1.29 is 9.90 Å². The Balaban J connectivity index is 1.67. The number of halogens is 1. The smallest absolute Gasteiger partial charge is 0.251 e. The van der Waals surface area contributed by atoms with Gasteiger partial charge in [-0.3, -0.25) is 9.78 Å². The molecule has 0 spiro atoms. The Bertz CT molecular complexity index is 781. The molecule has 1 aliphatic rings. The van der Waals surface area contributed by atoms with Crippen LogP contribution in [0.15, 0.2) is 41.1 Å². The first-order chi connectivity index (χ1) is 12.5. The van der Waals surface area contributed by atoms with E-state index in [1.54, 1.807) is 6.20 Å². The maximum atomic E-state index is 12.6. The predicted octanol–water partition coefficient (Wildman–Crippen LogP) is 3.80. The molecule has 1 fully saturated rings. The van der Waals surface area contributed by atoms with Gasteiger partial charge in [-0.2, -0.15) is 0 Å². The van der Waals surface area contributed by atoms with E-state index in [0.717, 1.165) is 47.0 Å². The number of rotatable bonds is 5. The number of nitrogens with zero attached hydrogens (tertiary/aromatic N) is 1. The number of hydrogen-bond donors (Lipinski definition) is 3. The lowest BCUT2D eigenvalue weighted by molar-refractivity contribution is 0.0717. The molecule has 3 rings (SSSR count). The number of aromatic nitrogens is 1. The second-order valence-electron chi connectivity index (χ2n) is 6.83. The molecule has 6 heteroatoms. The van der Waals surface area contributed by atoms with Crippen LogP contribution in [0.25, 0.3) is 0 Å². The van der Waals surface area contributed by atoms with E-state index in [-0.39, 0.29) is 11.9 Å². The molecule has 3 N–H and O–H groups in total. The third-order valence-electron chi connectivity index (χ3n) is 4.79. The molecule has 1 heterocycles. The highest BCUT2D eigenvalue weighted by atomic mass is 79.9. The van der Waals surface area contributed by atoms with Crippen molar-refractivity contribution in [3.8, 4) is 0 Å². The second kappa shape index (κ2) is 8.64. The van der Waals surface area contributed by atoms with Crippen molar-refractivity contribution in [3.63, 3.8) is 0 Å². The first kappa shape index (κ1) is 18.9. The molecule has 0 radical (unpaired) electrons. The summed E-state index contributed by atoms with van der Waals surface area (Å²) in [6, 6.07) is 7.49. The van der Waals surface area contributed by atoms with Crippen LogP contribution >= 0.6 is 15.9 Å². The van der Waals surface area contributed by atoms with Crippen LogP contribution in [-0.2, 0) is 6.54 Å². The third kappa shape index (κ3) is 4.83. The van der Waals surface area contributed by atoms with Crippen LogP contribution < -0.4 is 10.6 Å². The molecule has 0 aliphatic heterocycles. The molecule has 1 aromatic carbocycles. The highest BCUT2D eigenvalue weighted by Gasteiger charge is 2.24. The Morgan fingerprint density at radius 1 is 1.27 bits per heavy atom. The van der Waals surface area contributed by atoms with E-state index >= 15 is 0 Å². The van der Waals surface area contributed by atoms with Gasteiger partial charge >= 0.3 is 0 Å². The van der Waals surface area contributed by atoms with Gasteiger partial charge in [0, 0.05) is 34.7 Å². The Morgan fingerprint density at radius 3 is 2.85 bits per heavy atom. The number of aliphatic hydroxyl groups is 1. The van der Waals surface area contributed by atoms with Crippen molar-refractivity contribution in [2.45, 2.75) is 51.3 Å². The summed E-state index contributed by atoms with van der Waals surface area (Å²) in [5.41, 5.74) is 3.64. The van der Waals surface area contributed by atoms with Gasteiger partial charge in [0.25, 0.3) is 5.91 Å². The number of aryl methyl sites for hydroxylation is 1. The van der Waals surface area contributed by atoms with Crippen molar-refractivity contribution in [1.82, 2.24) is 10.3 Å². The van der Waals surface area contributed by atoms with Gasteiger partial charge in [-0.05, 0) is 65.0 Å². The Morgan fingerprint density at radius 2 is 2.08 bits per heavy atom. The first-order valence-electron chi connectivity index (χ1n) is 8.96. The fourth-order valence-electron chi connectivity index (χ4n) is 3.23. The van der Waals surface area contributed by atoms with E-state index in [2.05, 4.69) is 31.5 Å². The number of amides is 1. The van der Waals surface area contributed by atoms with E-state index in [1.165, 1.54) is 0 Å². The van der Waals surface area contributed by atoms with Crippen LogP contribution in [0.4, 0.5) is 5.69 Å². The summed E-state index contributed by atoms with van der Waals surface area (Å²) in [6.45, 7) is 2.63. The SMILES string of the molecule is Cc1ccc(C(=O)N[C@H]2CCCC[C@@H]2O)cc1NCc1cncc(Br)c1. The van der Waals surface area contributed by atoms with Gasteiger partial charge in [0.15, 0.2) is 0 Å². The zero-order valence-electron chi connectivity index (χ0n) is 14.8. The van der Waals surface area contributed by atoms with Gasteiger partial charge in [0.2, 0.25) is 0 Å². The zero-order chi connectivity index (χ0) is 18.5. The number of pyridine rings is 1. The van der Waals surface area contributed by atoms with Gasteiger partial charge in [0.05, 0.1) is 12.1 Å². The largest absolute Gasteiger partial charge is 0.391 e. The average molecular weight is 418 g/mol. The molecule has 0 bridgehead atoms. The number of carbonyl (C=O) groups is 1. The molecule has 1 amide bonds. The lowest BCUT2D eigenvalue weighted by Crippen LogP contribution is -2.45. The molecule has 0 saturated heterocycles. The number of aliphatic hydroxyl groups excluding tert-OH is 1. The monoisotopic (exact) mass is 417 g/mol. The Labute approximate surface area is 162 Å². The summed E-state index contributed by atoms with van der Waals surface area (Å²) >= 11 is 3.42. The minimum Gasteiger partial charge on any atom is -0.391 e. The molecule has 5 nitrogen and oxygen atoms in total. The molecular weight excluding hydrogens is 394 g/mol. The minimum absolute atomic E-state index is 0.136. The standard InChI is InChI=1S/C20H24BrN3O2/c1-13-6-7-15(20(26)24-17-4-2-3-5-19(17)25)9-18(13)23-11-14-8-16(21)12-22-10-14/h6-10,12,17,19,23,25H,2-5,11H2,1H3,(H,24,26)/t17-,19-/m0/s1. The summed E-state index contributed by atoms with van der Waals surface area (Å²) in [6.07, 6.45) is 6.78. The molecular formula is C20H24BrN3O2. The highest BCUT2D eigenvalue weighted by Crippen LogP contribution is 2.21. The van der Waals surface area contributed by atoms with Crippen LogP contribution in [0, 0.1) is 6.92 Å². The number of hydrogen-bond acceptors (Lipinski definition) is 4. The van der Waals surface area contributed by atoms with Crippen LogP contribution in [0.3, 0.4) is 0 Å². The number of carbonyl (C=O) groups excluding carboxylic acids is 1. The van der Waals surface area contributed by atoms with Gasteiger partial charge in [-0.15, -0.1) is 0 Å². The minimum atomic E-state index is -0.445. The predicted molar refractivity (Wildman–Crippen MR) is 106 cm³/mol. The van der Waals surface area contributed by atoms with Crippen LogP contribution in [0.2, 0.25) is 0 Å². The molecule has 138 valence electrons. The quantitative estimate of drug-likeness (QED) is 0.691. The van der Waals surface area contributed by atoms with Gasteiger partial charge in [0.1, 0.15) is 0 Å². The Hall–Kier alpha value is -1.92. The maximum Gasteiger partial charge on any atom is 0.251 e. The first-order valence-corrected chi connectivity index (χ1v) is 9.75. The van der Waals surface area contributed by atoms with E-state index in [9.17, 15) is 9.90 Å². The number of benzene rings is 1. The van der Waals surface area contributed by atoms with Gasteiger partial charge in [-0.1, -0.05) is 18.9 Å². The van der Waals surface area contributed by atoms with Crippen molar-refractivity contribution >= 4 is 27.5 Å².